The molecule has 6 aromatic rings. The monoisotopic (exact) mass is 939 g/mol. The quantitative estimate of drug-likeness (QED) is 0.0500. The van der Waals surface area contributed by atoms with Crippen LogP contribution in [-0.2, 0) is 22.7 Å². The molecule has 11 heteroatoms. The predicted molar refractivity (Wildman–Crippen MR) is 278 cm³/mol. The van der Waals surface area contributed by atoms with E-state index in [2.05, 4.69) is 106 Å². The Morgan fingerprint density at radius 2 is 1.13 bits per heavy atom. The molecule has 0 spiro atoms. The second-order valence-electron chi connectivity index (χ2n) is 22.9. The molecule has 0 atom stereocenters. The molecular formula is C59H70N8O3. The number of amides is 2. The highest BCUT2D eigenvalue weighted by atomic mass is 16.3. The summed E-state index contributed by atoms with van der Waals surface area (Å²) in [5.74, 6) is 5.73. The second kappa shape index (κ2) is 18.4. The van der Waals surface area contributed by atoms with E-state index in [0.29, 0.717) is 55.1 Å². The third kappa shape index (κ3) is 8.24. The summed E-state index contributed by atoms with van der Waals surface area (Å²) < 4.78 is 5.50. The number of furan rings is 1. The largest absolute Gasteiger partial charge is 0.468 e. The summed E-state index contributed by atoms with van der Waals surface area (Å²) >= 11 is 0. The number of nitrogens with two attached hydrogens (primary N) is 1. The van der Waals surface area contributed by atoms with Crippen LogP contribution in [-0.4, -0.2) is 48.0 Å². The van der Waals surface area contributed by atoms with E-state index in [1.807, 2.05) is 24.3 Å². The van der Waals surface area contributed by atoms with Gasteiger partial charge in [0.15, 0.2) is 0 Å². The fraction of sp³-hybridized carbons (Fsp3) is 0.492. The third-order valence-electron chi connectivity index (χ3n) is 18.3. The Labute approximate surface area is 412 Å². The van der Waals surface area contributed by atoms with Gasteiger partial charge in [0.1, 0.15) is 17.4 Å². The molecule has 3 heterocycles. The van der Waals surface area contributed by atoms with E-state index in [4.69, 9.17) is 20.1 Å². The maximum absolute atomic E-state index is 17.6. The lowest BCUT2D eigenvalue weighted by Gasteiger charge is -2.72. The number of carbonyl (C=O) groups excluding carboxylic acids is 2. The first kappa shape index (κ1) is 45.4. The van der Waals surface area contributed by atoms with Gasteiger partial charge in [-0.1, -0.05) is 42.0 Å². The van der Waals surface area contributed by atoms with E-state index in [9.17, 15) is 4.79 Å². The normalized spacial score (nSPS) is 28.0. The van der Waals surface area contributed by atoms with Gasteiger partial charge < -0.3 is 31.4 Å². The van der Waals surface area contributed by atoms with Gasteiger partial charge in [-0.3, -0.25) is 14.5 Å². The fourth-order valence-corrected chi connectivity index (χ4v) is 16.6. The van der Waals surface area contributed by atoms with Crippen LogP contribution in [0.5, 0.6) is 0 Å². The molecule has 8 fully saturated rings. The molecule has 364 valence electrons. The Hall–Kier alpha value is -5.78. The lowest BCUT2D eigenvalue weighted by atomic mass is 9.32. The molecule has 8 bridgehead atoms. The van der Waals surface area contributed by atoms with Crippen LogP contribution >= 0.6 is 0 Å². The standard InChI is InChI=1S/C59H70N8O3/c1-38-6-2-7-39(22-38)36-61-17-19-63-54-15-13-47-49(65-54)9-3-11-51(47)67(52-12-4-10-50-48(52)14-16-55(66-50)64-20-18-62-37-46-8-5-21-70-46)56(69)59(35-53(60)68,57-29-40-23-41(30-57)25-42(24-40)31-57)58-32-43-26-44(33-58)28-45(27-43)34-58/h2-16,21-22,40-45,61-62H,17-20,23-37H2,1H3,(H2,60,68)(H,63,65)(H,64,66). The van der Waals surface area contributed by atoms with Crippen LogP contribution in [0.15, 0.2) is 108 Å². The van der Waals surface area contributed by atoms with Crippen LogP contribution in [0.25, 0.3) is 21.8 Å². The Morgan fingerprint density at radius 1 is 0.629 bits per heavy atom. The average molecular weight is 939 g/mol. The molecule has 8 saturated carbocycles. The van der Waals surface area contributed by atoms with E-state index in [0.717, 1.165) is 109 Å². The Bertz CT molecular complexity index is 2780. The highest BCUT2D eigenvalue weighted by Crippen LogP contribution is 2.77. The van der Waals surface area contributed by atoms with Crippen molar-refractivity contribution in [1.82, 2.24) is 20.6 Å². The number of carbonyl (C=O) groups is 2. The first-order valence-electron chi connectivity index (χ1n) is 26.5. The summed E-state index contributed by atoms with van der Waals surface area (Å²) in [7, 11) is 0. The highest BCUT2D eigenvalue weighted by Gasteiger charge is 2.74. The van der Waals surface area contributed by atoms with Crippen molar-refractivity contribution in [3.63, 3.8) is 0 Å². The zero-order valence-electron chi connectivity index (χ0n) is 40.9. The summed E-state index contributed by atoms with van der Waals surface area (Å²) in [5, 5.41) is 15.9. The number of benzene rings is 3. The minimum atomic E-state index is -0.972. The zero-order valence-corrected chi connectivity index (χ0v) is 40.9. The lowest BCUT2D eigenvalue weighted by Crippen LogP contribution is -2.70. The summed E-state index contributed by atoms with van der Waals surface area (Å²) in [4.78, 5) is 44.4. The topological polar surface area (TPSA) is 150 Å². The molecule has 3 aromatic heterocycles. The molecule has 8 aliphatic carbocycles. The van der Waals surface area contributed by atoms with Crippen molar-refractivity contribution in [2.45, 2.75) is 103 Å². The predicted octanol–water partition coefficient (Wildman–Crippen LogP) is 11.0. The van der Waals surface area contributed by atoms with Crippen molar-refractivity contribution in [3.8, 4) is 0 Å². The van der Waals surface area contributed by atoms with Crippen molar-refractivity contribution in [2.75, 3.05) is 41.7 Å². The van der Waals surface area contributed by atoms with Crippen LogP contribution in [0.4, 0.5) is 23.0 Å². The SMILES string of the molecule is Cc1cccc(CNCCNc2ccc3c(N(C(=O)C(CC(N)=O)(C45CC6CC(CC(C6)C4)C5)C45CC6CC(CC(C6)C4)C5)c4cccc5nc(NCCNCc6ccco6)ccc45)cccc3n2)c1. The molecule has 0 radical (unpaired) electrons. The van der Waals surface area contributed by atoms with Crippen molar-refractivity contribution in [2.24, 2.45) is 57.5 Å². The molecule has 14 rings (SSSR count). The first-order chi connectivity index (χ1) is 34.1. The van der Waals surface area contributed by atoms with E-state index in [1.54, 1.807) is 6.26 Å². The Morgan fingerprint density at radius 3 is 1.60 bits per heavy atom. The first-order valence-corrected chi connectivity index (χ1v) is 26.5. The summed E-state index contributed by atoms with van der Waals surface area (Å²) in [6, 6.07) is 33.2. The molecule has 3 aromatic carbocycles. The number of aromatic nitrogens is 2. The van der Waals surface area contributed by atoms with Gasteiger partial charge in [0.25, 0.3) is 0 Å². The third-order valence-corrected chi connectivity index (χ3v) is 18.3. The minimum absolute atomic E-state index is 0.0712. The van der Waals surface area contributed by atoms with Crippen molar-refractivity contribution in [1.29, 1.82) is 0 Å². The van der Waals surface area contributed by atoms with Gasteiger partial charge in [-0.15, -0.1) is 0 Å². The number of aryl methyl sites for hydroxylation is 1. The zero-order chi connectivity index (χ0) is 47.5. The highest BCUT2D eigenvalue weighted by molar-refractivity contribution is 6.15. The van der Waals surface area contributed by atoms with Crippen LogP contribution in [0, 0.1) is 58.7 Å². The number of nitrogens with one attached hydrogen (secondary N) is 4. The molecule has 8 aliphatic rings. The van der Waals surface area contributed by atoms with E-state index in [1.165, 1.54) is 49.7 Å². The minimum Gasteiger partial charge on any atom is -0.468 e. The number of hydrogen-bond acceptors (Lipinski definition) is 9. The molecule has 0 unspecified atom stereocenters. The fourth-order valence-electron chi connectivity index (χ4n) is 16.6. The molecule has 6 N–H and O–H groups in total. The molecule has 0 aliphatic heterocycles. The van der Waals surface area contributed by atoms with Crippen molar-refractivity contribution in [3.05, 3.63) is 120 Å². The second-order valence-corrected chi connectivity index (χ2v) is 22.9. The van der Waals surface area contributed by atoms with Crippen LogP contribution in [0.3, 0.4) is 0 Å². The number of primary amides is 1. The van der Waals surface area contributed by atoms with Crippen molar-refractivity contribution < 1.29 is 14.0 Å². The van der Waals surface area contributed by atoms with Crippen molar-refractivity contribution >= 4 is 56.6 Å². The van der Waals surface area contributed by atoms with Crippen LogP contribution < -0.4 is 31.9 Å². The molecule has 2 amide bonds. The number of hydrogen-bond donors (Lipinski definition) is 5. The van der Waals surface area contributed by atoms with Gasteiger partial charge in [0.05, 0.1) is 40.6 Å². The number of fused-ring (bicyclic) bond motifs is 2. The molecule has 11 nitrogen and oxygen atoms in total. The summed E-state index contributed by atoms with van der Waals surface area (Å²) in [6.45, 7) is 6.49. The van der Waals surface area contributed by atoms with Crippen LogP contribution in [0.2, 0.25) is 0 Å². The lowest BCUT2D eigenvalue weighted by molar-refractivity contribution is -0.226. The summed E-state index contributed by atoms with van der Waals surface area (Å²) in [5.41, 5.74) is 10.8. The number of nitrogens with zero attached hydrogens (tertiary/aromatic N) is 3. The maximum atomic E-state index is 17.6. The van der Waals surface area contributed by atoms with Gasteiger partial charge in [0, 0.05) is 49.9 Å². The molecular weight excluding hydrogens is 869 g/mol. The number of rotatable bonds is 19. The molecule has 70 heavy (non-hydrogen) atoms. The van der Waals surface area contributed by atoms with Gasteiger partial charge in [-0.25, -0.2) is 9.97 Å². The van der Waals surface area contributed by atoms with Crippen LogP contribution in [0.1, 0.15) is 100 Å². The van der Waals surface area contributed by atoms with E-state index < -0.39 is 5.41 Å². The Kier molecular flexibility index (Phi) is 11.9. The van der Waals surface area contributed by atoms with E-state index in [-0.39, 0.29) is 29.1 Å². The number of anilines is 4. The maximum Gasteiger partial charge on any atom is 0.239 e. The number of pyridine rings is 2. The smallest absolute Gasteiger partial charge is 0.239 e. The summed E-state index contributed by atoms with van der Waals surface area (Å²) in [6.07, 6.45) is 15.4. The Balaban J connectivity index is 0.950. The van der Waals surface area contributed by atoms with Gasteiger partial charge in [0.2, 0.25) is 11.8 Å². The van der Waals surface area contributed by atoms with Gasteiger partial charge >= 0.3 is 0 Å². The van der Waals surface area contributed by atoms with E-state index >= 15 is 4.79 Å². The average Bonchev–Trinajstić information content (AvgIpc) is 3.86. The molecule has 0 saturated heterocycles. The van der Waals surface area contributed by atoms with Gasteiger partial charge in [-0.05, 0) is 197 Å². The van der Waals surface area contributed by atoms with Gasteiger partial charge in [-0.2, -0.15) is 0 Å².